The Morgan fingerprint density at radius 3 is 1.52 bits per heavy atom. The van der Waals surface area contributed by atoms with Gasteiger partial charge in [0.1, 0.15) is 0 Å². The fourth-order valence-corrected chi connectivity index (χ4v) is 5.83. The SMILES string of the molecule is C.CC.CC1=C2C(=C(C)C1)C1(c3ccccc32)c2ccccc2-c2ccccc21. The van der Waals surface area contributed by atoms with Crippen LogP contribution in [0.2, 0.25) is 0 Å². The first-order valence-electron chi connectivity index (χ1n) is 10.4. The van der Waals surface area contributed by atoms with E-state index in [0.29, 0.717) is 0 Å². The van der Waals surface area contributed by atoms with Crippen molar-refractivity contribution in [2.45, 2.75) is 47.0 Å². The topological polar surface area (TPSA) is 0 Å². The quantitative estimate of drug-likeness (QED) is 0.370. The number of benzene rings is 3. The summed E-state index contributed by atoms with van der Waals surface area (Å²) in [5.41, 5.74) is 14.5. The van der Waals surface area contributed by atoms with Crippen LogP contribution in [0.5, 0.6) is 0 Å². The molecule has 0 heteroatoms. The summed E-state index contributed by atoms with van der Waals surface area (Å²) in [6.45, 7) is 8.65. The first-order valence-corrected chi connectivity index (χ1v) is 10.4. The Morgan fingerprint density at radius 1 is 0.586 bits per heavy atom. The molecule has 0 saturated carbocycles. The molecule has 0 bridgehead atoms. The molecule has 146 valence electrons. The maximum atomic E-state index is 2.35. The first-order chi connectivity index (χ1) is 13.7. The minimum atomic E-state index is -0.138. The molecule has 3 aromatic carbocycles. The zero-order valence-corrected chi connectivity index (χ0v) is 17.1. The molecule has 0 nitrogen and oxygen atoms in total. The van der Waals surface area contributed by atoms with Crippen molar-refractivity contribution < 1.29 is 0 Å². The molecule has 1 spiro atoms. The summed E-state index contributed by atoms with van der Waals surface area (Å²) < 4.78 is 0. The molecule has 3 aliphatic carbocycles. The van der Waals surface area contributed by atoms with Crippen LogP contribution in [-0.4, -0.2) is 0 Å². The Labute approximate surface area is 175 Å². The van der Waals surface area contributed by atoms with Gasteiger partial charge in [0, 0.05) is 0 Å². The molecule has 6 rings (SSSR count). The Balaban J connectivity index is 0.000000664. The minimum absolute atomic E-state index is 0. The molecule has 0 aromatic heterocycles. The second-order valence-electron chi connectivity index (χ2n) is 7.87. The molecule has 0 saturated heterocycles. The maximum absolute atomic E-state index is 2.35. The van der Waals surface area contributed by atoms with E-state index in [1.54, 1.807) is 5.57 Å². The molecule has 3 aliphatic rings. The van der Waals surface area contributed by atoms with Crippen LogP contribution in [0.25, 0.3) is 16.7 Å². The second kappa shape index (κ2) is 6.88. The molecule has 0 radical (unpaired) electrons. The van der Waals surface area contributed by atoms with Crippen molar-refractivity contribution in [1.82, 2.24) is 0 Å². The molecule has 0 atom stereocenters. The summed E-state index contributed by atoms with van der Waals surface area (Å²) in [7, 11) is 0. The third-order valence-electron chi connectivity index (χ3n) is 6.56. The van der Waals surface area contributed by atoms with Crippen molar-refractivity contribution in [2.75, 3.05) is 0 Å². The van der Waals surface area contributed by atoms with Gasteiger partial charge in [0.2, 0.25) is 0 Å². The Bertz CT molecular complexity index is 1120. The number of allylic oxidation sites excluding steroid dienone is 4. The molecule has 0 amide bonds. The molecule has 0 heterocycles. The van der Waals surface area contributed by atoms with Crippen LogP contribution in [0, 0.1) is 0 Å². The summed E-state index contributed by atoms with van der Waals surface area (Å²) in [6.07, 6.45) is 1.10. The van der Waals surface area contributed by atoms with E-state index in [4.69, 9.17) is 0 Å². The smallest absolute Gasteiger partial charge is 0.0725 e. The van der Waals surface area contributed by atoms with Crippen LogP contribution < -0.4 is 0 Å². The van der Waals surface area contributed by atoms with Gasteiger partial charge in [0.15, 0.2) is 0 Å². The van der Waals surface area contributed by atoms with Crippen LogP contribution in [0.1, 0.15) is 63.8 Å². The van der Waals surface area contributed by atoms with Gasteiger partial charge in [-0.25, -0.2) is 0 Å². The normalized spacial score (nSPS) is 16.6. The average molecular weight is 379 g/mol. The lowest BCUT2D eigenvalue weighted by Gasteiger charge is -2.31. The molecule has 0 unspecified atom stereocenters. The second-order valence-corrected chi connectivity index (χ2v) is 7.87. The predicted octanol–water partition coefficient (Wildman–Crippen LogP) is 8.17. The summed E-state index contributed by atoms with van der Waals surface area (Å²) in [4.78, 5) is 0. The summed E-state index contributed by atoms with van der Waals surface area (Å²) in [5.74, 6) is 0. The molecular formula is C29H30. The average Bonchev–Trinajstić information content (AvgIpc) is 3.34. The minimum Gasteiger partial charge on any atom is -0.0776 e. The van der Waals surface area contributed by atoms with E-state index in [9.17, 15) is 0 Å². The van der Waals surface area contributed by atoms with Gasteiger partial charge in [0.25, 0.3) is 0 Å². The van der Waals surface area contributed by atoms with Gasteiger partial charge < -0.3 is 0 Å². The van der Waals surface area contributed by atoms with Crippen molar-refractivity contribution in [1.29, 1.82) is 0 Å². The lowest BCUT2D eigenvalue weighted by Crippen LogP contribution is -2.26. The van der Waals surface area contributed by atoms with E-state index in [0.717, 1.165) is 6.42 Å². The molecular weight excluding hydrogens is 348 g/mol. The standard InChI is InChI=1S/C26H20.C2H6.CH4/c1-16-15-17(2)25-24(16)20-11-5-8-14-23(20)26(25)21-12-6-3-9-18(21)19-10-4-7-13-22(19)26;1-2;/h3-14H,15H2,1-2H3;1-2H3;1H4. The van der Waals surface area contributed by atoms with E-state index >= 15 is 0 Å². The lowest BCUT2D eigenvalue weighted by atomic mass is 9.70. The highest BCUT2D eigenvalue weighted by molar-refractivity contribution is 6.02. The molecule has 0 N–H and O–H groups in total. The van der Waals surface area contributed by atoms with Gasteiger partial charge in [-0.3, -0.25) is 0 Å². The van der Waals surface area contributed by atoms with Crippen LogP contribution in [-0.2, 0) is 5.41 Å². The van der Waals surface area contributed by atoms with Gasteiger partial charge in [-0.15, -0.1) is 0 Å². The van der Waals surface area contributed by atoms with Crippen molar-refractivity contribution >= 4 is 5.57 Å². The fraction of sp³-hybridized carbons (Fsp3) is 0.241. The summed E-state index contributed by atoms with van der Waals surface area (Å²) in [5, 5.41) is 0. The summed E-state index contributed by atoms with van der Waals surface area (Å²) in [6, 6.07) is 27.1. The van der Waals surface area contributed by atoms with Crippen molar-refractivity contribution in [2.24, 2.45) is 0 Å². The number of rotatable bonds is 0. The number of hydrogen-bond acceptors (Lipinski definition) is 0. The van der Waals surface area contributed by atoms with Gasteiger partial charge in [-0.05, 0) is 64.8 Å². The van der Waals surface area contributed by atoms with Crippen LogP contribution >= 0.6 is 0 Å². The van der Waals surface area contributed by atoms with Crippen molar-refractivity contribution in [3.63, 3.8) is 0 Å². The van der Waals surface area contributed by atoms with Crippen LogP contribution in [0.3, 0.4) is 0 Å². The summed E-state index contributed by atoms with van der Waals surface area (Å²) >= 11 is 0. The van der Waals surface area contributed by atoms with E-state index in [-0.39, 0.29) is 12.8 Å². The van der Waals surface area contributed by atoms with Gasteiger partial charge in [-0.2, -0.15) is 0 Å². The highest BCUT2D eigenvalue weighted by Crippen LogP contribution is 2.66. The number of hydrogen-bond donors (Lipinski definition) is 0. The highest BCUT2D eigenvalue weighted by atomic mass is 14.6. The predicted molar refractivity (Wildman–Crippen MR) is 126 cm³/mol. The van der Waals surface area contributed by atoms with Crippen LogP contribution in [0.15, 0.2) is 89.5 Å². The lowest BCUT2D eigenvalue weighted by molar-refractivity contribution is 0.784. The van der Waals surface area contributed by atoms with Crippen LogP contribution in [0.4, 0.5) is 0 Å². The third-order valence-corrected chi connectivity index (χ3v) is 6.56. The highest BCUT2D eigenvalue weighted by Gasteiger charge is 2.55. The van der Waals surface area contributed by atoms with Gasteiger partial charge in [0.05, 0.1) is 5.41 Å². The van der Waals surface area contributed by atoms with Crippen molar-refractivity contribution in [3.8, 4) is 11.1 Å². The Hall–Kier alpha value is -2.86. The third kappa shape index (κ3) is 2.20. The maximum Gasteiger partial charge on any atom is 0.0725 e. The first kappa shape index (κ1) is 19.5. The van der Waals surface area contributed by atoms with Gasteiger partial charge >= 0.3 is 0 Å². The van der Waals surface area contributed by atoms with E-state index in [1.165, 1.54) is 50.1 Å². The van der Waals surface area contributed by atoms with E-state index in [2.05, 4.69) is 86.6 Å². The largest absolute Gasteiger partial charge is 0.0776 e. The Kier molecular flexibility index (Phi) is 4.62. The Morgan fingerprint density at radius 2 is 1.00 bits per heavy atom. The zero-order chi connectivity index (χ0) is 19.5. The monoisotopic (exact) mass is 378 g/mol. The van der Waals surface area contributed by atoms with Gasteiger partial charge in [-0.1, -0.05) is 105 Å². The van der Waals surface area contributed by atoms with E-state index in [1.807, 2.05) is 13.8 Å². The fourth-order valence-electron chi connectivity index (χ4n) is 5.83. The molecule has 3 aromatic rings. The zero-order valence-electron chi connectivity index (χ0n) is 17.1. The number of fused-ring (bicyclic) bond motifs is 10. The molecule has 0 fully saturated rings. The van der Waals surface area contributed by atoms with E-state index < -0.39 is 0 Å². The molecule has 0 aliphatic heterocycles. The molecule has 29 heavy (non-hydrogen) atoms. The van der Waals surface area contributed by atoms with Crippen molar-refractivity contribution in [3.05, 3.63) is 112 Å².